The van der Waals surface area contributed by atoms with E-state index in [1.165, 1.54) is 19.2 Å². The first kappa shape index (κ1) is 15.9. The molecule has 21 heavy (non-hydrogen) atoms. The molecule has 0 aromatic heterocycles. The molecule has 112 valence electrons. The number of halogens is 3. The number of ether oxygens (including phenoxy) is 1. The molecule has 0 spiro atoms. The summed E-state index contributed by atoms with van der Waals surface area (Å²) < 4.78 is 33.4. The van der Waals surface area contributed by atoms with Crippen LogP contribution in [-0.4, -0.2) is 14.2 Å². The SMILES string of the molecule is CNC(Cc1cccc(F)c1Br)c1c(F)cccc1OC. The standard InChI is InChI=1S/C16H16BrF2NO/c1-20-13(9-10-5-3-7-12(19)16(10)17)15-11(18)6-4-8-14(15)21-2/h3-8,13,20H,9H2,1-2H3. The van der Waals surface area contributed by atoms with E-state index >= 15 is 0 Å². The summed E-state index contributed by atoms with van der Waals surface area (Å²) in [5, 5.41) is 3.07. The molecule has 0 aliphatic heterocycles. The van der Waals surface area contributed by atoms with Gasteiger partial charge in [-0.2, -0.15) is 0 Å². The minimum Gasteiger partial charge on any atom is -0.496 e. The van der Waals surface area contributed by atoms with Gasteiger partial charge in [0, 0.05) is 11.6 Å². The molecular formula is C16H16BrF2NO. The highest BCUT2D eigenvalue weighted by Crippen LogP contribution is 2.32. The summed E-state index contributed by atoms with van der Waals surface area (Å²) in [6.45, 7) is 0. The molecule has 2 nitrogen and oxygen atoms in total. The molecule has 0 saturated carbocycles. The van der Waals surface area contributed by atoms with Gasteiger partial charge in [-0.05, 0) is 53.2 Å². The van der Waals surface area contributed by atoms with E-state index < -0.39 is 0 Å². The average Bonchev–Trinajstić information content (AvgIpc) is 2.49. The monoisotopic (exact) mass is 355 g/mol. The van der Waals surface area contributed by atoms with Gasteiger partial charge in [0.25, 0.3) is 0 Å². The first-order valence-corrected chi connectivity index (χ1v) is 7.30. The van der Waals surface area contributed by atoms with Crippen LogP contribution >= 0.6 is 15.9 Å². The molecule has 0 bridgehead atoms. The van der Waals surface area contributed by atoms with Gasteiger partial charge in [0.05, 0.1) is 11.6 Å². The molecule has 0 radical (unpaired) electrons. The molecule has 0 aliphatic carbocycles. The fourth-order valence-corrected chi connectivity index (χ4v) is 2.73. The van der Waals surface area contributed by atoms with Crippen LogP contribution < -0.4 is 10.1 Å². The van der Waals surface area contributed by atoms with Crippen molar-refractivity contribution in [1.29, 1.82) is 0 Å². The number of benzene rings is 2. The summed E-state index contributed by atoms with van der Waals surface area (Å²) in [4.78, 5) is 0. The molecule has 0 amide bonds. The maximum absolute atomic E-state index is 14.2. The zero-order valence-corrected chi connectivity index (χ0v) is 13.4. The van der Waals surface area contributed by atoms with Gasteiger partial charge < -0.3 is 10.1 Å². The van der Waals surface area contributed by atoms with E-state index in [-0.39, 0.29) is 17.7 Å². The minimum atomic E-state index is -0.346. The van der Waals surface area contributed by atoms with Gasteiger partial charge in [0.2, 0.25) is 0 Å². The van der Waals surface area contributed by atoms with E-state index in [0.717, 1.165) is 5.56 Å². The van der Waals surface area contributed by atoms with Gasteiger partial charge in [-0.15, -0.1) is 0 Å². The second-order valence-corrected chi connectivity index (χ2v) is 5.41. The topological polar surface area (TPSA) is 21.3 Å². The van der Waals surface area contributed by atoms with Crippen LogP contribution in [0.15, 0.2) is 40.9 Å². The Bertz CT molecular complexity index is 634. The van der Waals surface area contributed by atoms with Crippen LogP contribution in [0, 0.1) is 11.6 Å². The number of nitrogens with one attached hydrogen (secondary N) is 1. The van der Waals surface area contributed by atoms with Crippen molar-refractivity contribution in [3.05, 3.63) is 63.6 Å². The molecule has 1 N–H and O–H groups in total. The van der Waals surface area contributed by atoms with E-state index in [1.54, 1.807) is 25.2 Å². The molecule has 2 aromatic rings. The molecule has 1 unspecified atom stereocenters. The van der Waals surface area contributed by atoms with E-state index in [0.29, 0.717) is 22.2 Å². The molecule has 0 fully saturated rings. The molecule has 0 aliphatic rings. The predicted molar refractivity (Wildman–Crippen MR) is 82.6 cm³/mol. The summed E-state index contributed by atoms with van der Waals surface area (Å²) in [6.07, 6.45) is 0.437. The number of likely N-dealkylation sites (N-methyl/N-ethyl adjacent to an activating group) is 1. The van der Waals surface area contributed by atoms with Crippen molar-refractivity contribution in [3.63, 3.8) is 0 Å². The highest BCUT2D eigenvalue weighted by molar-refractivity contribution is 9.10. The fourth-order valence-electron chi connectivity index (χ4n) is 2.31. The molecule has 5 heteroatoms. The van der Waals surface area contributed by atoms with Crippen molar-refractivity contribution >= 4 is 15.9 Å². The van der Waals surface area contributed by atoms with Gasteiger partial charge in [-0.3, -0.25) is 0 Å². The Balaban J connectivity index is 2.39. The van der Waals surface area contributed by atoms with Crippen LogP contribution in [0.4, 0.5) is 8.78 Å². The van der Waals surface area contributed by atoms with Gasteiger partial charge >= 0.3 is 0 Å². The van der Waals surface area contributed by atoms with Crippen molar-refractivity contribution < 1.29 is 13.5 Å². The van der Waals surface area contributed by atoms with Crippen molar-refractivity contribution in [3.8, 4) is 5.75 Å². The van der Waals surface area contributed by atoms with E-state index in [1.807, 2.05) is 6.07 Å². The van der Waals surface area contributed by atoms with Crippen molar-refractivity contribution in [2.45, 2.75) is 12.5 Å². The molecule has 2 aromatic carbocycles. The summed E-state index contributed by atoms with van der Waals surface area (Å²) in [5.41, 5.74) is 1.21. The maximum atomic E-state index is 14.2. The summed E-state index contributed by atoms with van der Waals surface area (Å²) in [6, 6.07) is 9.21. The molecule has 0 saturated heterocycles. The molecule has 1 atom stereocenters. The van der Waals surface area contributed by atoms with Crippen LogP contribution in [0.25, 0.3) is 0 Å². The van der Waals surface area contributed by atoms with Crippen LogP contribution in [0.3, 0.4) is 0 Å². The zero-order chi connectivity index (χ0) is 15.4. The van der Waals surface area contributed by atoms with Crippen molar-refractivity contribution in [2.75, 3.05) is 14.2 Å². The van der Waals surface area contributed by atoms with E-state index in [9.17, 15) is 8.78 Å². The number of rotatable bonds is 5. The Morgan fingerprint density at radius 3 is 2.48 bits per heavy atom. The number of methoxy groups -OCH3 is 1. The van der Waals surface area contributed by atoms with E-state index in [4.69, 9.17) is 4.74 Å². The Kier molecular flexibility index (Phi) is 5.31. The quantitative estimate of drug-likeness (QED) is 0.865. The Morgan fingerprint density at radius 2 is 1.81 bits per heavy atom. The second-order valence-electron chi connectivity index (χ2n) is 4.61. The van der Waals surface area contributed by atoms with E-state index in [2.05, 4.69) is 21.2 Å². The molecule has 0 heterocycles. The average molecular weight is 356 g/mol. The Hall–Kier alpha value is -1.46. The van der Waals surface area contributed by atoms with Crippen molar-refractivity contribution in [2.24, 2.45) is 0 Å². The summed E-state index contributed by atoms with van der Waals surface area (Å²) >= 11 is 3.24. The lowest BCUT2D eigenvalue weighted by molar-refractivity contribution is 0.393. The van der Waals surface area contributed by atoms with Gasteiger partial charge in [0.1, 0.15) is 17.4 Å². The fraction of sp³-hybridized carbons (Fsp3) is 0.250. The third-order valence-corrected chi connectivity index (χ3v) is 4.27. The van der Waals surface area contributed by atoms with Crippen molar-refractivity contribution in [1.82, 2.24) is 5.32 Å². The first-order valence-electron chi connectivity index (χ1n) is 6.51. The van der Waals surface area contributed by atoms with Crippen LogP contribution in [-0.2, 0) is 6.42 Å². The van der Waals surface area contributed by atoms with Crippen LogP contribution in [0.5, 0.6) is 5.75 Å². The third kappa shape index (κ3) is 3.41. The second kappa shape index (κ2) is 7.00. The minimum absolute atomic E-state index is 0.320. The lowest BCUT2D eigenvalue weighted by Crippen LogP contribution is -2.21. The van der Waals surface area contributed by atoms with Crippen LogP contribution in [0.1, 0.15) is 17.2 Å². The van der Waals surface area contributed by atoms with Gasteiger partial charge in [-0.25, -0.2) is 8.78 Å². The lowest BCUT2D eigenvalue weighted by atomic mass is 9.97. The smallest absolute Gasteiger partial charge is 0.137 e. The van der Waals surface area contributed by atoms with Gasteiger partial charge in [-0.1, -0.05) is 18.2 Å². The largest absolute Gasteiger partial charge is 0.496 e. The van der Waals surface area contributed by atoms with Crippen LogP contribution in [0.2, 0.25) is 0 Å². The molecule has 2 rings (SSSR count). The highest BCUT2D eigenvalue weighted by atomic mass is 79.9. The van der Waals surface area contributed by atoms with Gasteiger partial charge in [0.15, 0.2) is 0 Å². The number of hydrogen-bond donors (Lipinski definition) is 1. The Labute approximate surface area is 131 Å². The third-order valence-electron chi connectivity index (χ3n) is 3.39. The molecular weight excluding hydrogens is 340 g/mol. The normalized spacial score (nSPS) is 12.2. The Morgan fingerprint density at radius 1 is 1.14 bits per heavy atom. The first-order chi connectivity index (χ1) is 10.1. The highest BCUT2D eigenvalue weighted by Gasteiger charge is 2.20. The summed E-state index contributed by atoms with van der Waals surface area (Å²) in [5.74, 6) is -0.203. The maximum Gasteiger partial charge on any atom is 0.137 e. The zero-order valence-electron chi connectivity index (χ0n) is 11.8. The lowest BCUT2D eigenvalue weighted by Gasteiger charge is -2.20. The predicted octanol–water partition coefficient (Wildman–Crippen LogP) is 4.24. The summed E-state index contributed by atoms with van der Waals surface area (Å²) in [7, 11) is 3.24. The number of hydrogen-bond acceptors (Lipinski definition) is 2.